The van der Waals surface area contributed by atoms with Crippen LogP contribution in [-0.4, -0.2) is 65.0 Å². The van der Waals surface area contributed by atoms with Crippen LogP contribution in [0.5, 0.6) is 0 Å². The Morgan fingerprint density at radius 1 is 1.18 bits per heavy atom. The lowest BCUT2D eigenvalue weighted by molar-refractivity contribution is 0.0941. The molecule has 2 heterocycles. The van der Waals surface area contributed by atoms with Crippen LogP contribution in [0, 0.1) is 6.92 Å². The number of rotatable bonds is 5. The van der Waals surface area contributed by atoms with Gasteiger partial charge in [0.1, 0.15) is 5.82 Å². The van der Waals surface area contributed by atoms with Crippen molar-refractivity contribution in [2.24, 2.45) is 0 Å². The lowest BCUT2D eigenvalue weighted by Crippen LogP contribution is -2.40. The highest BCUT2D eigenvalue weighted by molar-refractivity contribution is 7.89. The Morgan fingerprint density at radius 2 is 1.93 bits per heavy atom. The van der Waals surface area contributed by atoms with Crippen LogP contribution in [-0.2, 0) is 16.6 Å². The summed E-state index contributed by atoms with van der Waals surface area (Å²) in [5.74, 6) is 0.795. The maximum atomic E-state index is 12.8. The van der Waals surface area contributed by atoms with Crippen molar-refractivity contribution in [2.75, 3.05) is 20.1 Å². The third-order valence-corrected chi connectivity index (χ3v) is 7.18. The number of nitrogens with one attached hydrogen (secondary N) is 1. The van der Waals surface area contributed by atoms with Gasteiger partial charge in [-0.25, -0.2) is 13.4 Å². The van der Waals surface area contributed by atoms with Crippen LogP contribution in [0.1, 0.15) is 11.4 Å². The molecule has 7 nitrogen and oxygen atoms in total. The first-order valence-corrected chi connectivity index (χ1v) is 10.7. The zero-order chi connectivity index (χ0) is 19.9. The van der Waals surface area contributed by atoms with Crippen molar-refractivity contribution in [2.45, 2.75) is 30.5 Å². The van der Waals surface area contributed by atoms with Gasteiger partial charge in [0.05, 0.1) is 34.6 Å². The summed E-state index contributed by atoms with van der Waals surface area (Å²) in [7, 11) is -1.73. The van der Waals surface area contributed by atoms with Crippen molar-refractivity contribution in [3.8, 4) is 0 Å². The van der Waals surface area contributed by atoms with E-state index < -0.39 is 16.1 Å². The molecular formula is C20H24N4O3S. The van der Waals surface area contributed by atoms with E-state index in [1.165, 1.54) is 4.31 Å². The molecule has 0 saturated carbocycles. The molecule has 0 bridgehead atoms. The molecule has 0 spiro atoms. The number of imidazole rings is 1. The zero-order valence-corrected chi connectivity index (χ0v) is 16.7. The minimum atomic E-state index is -3.61. The van der Waals surface area contributed by atoms with Gasteiger partial charge in [0.25, 0.3) is 0 Å². The second kappa shape index (κ2) is 7.29. The molecule has 1 saturated heterocycles. The molecule has 8 heteroatoms. The van der Waals surface area contributed by atoms with E-state index in [4.69, 9.17) is 0 Å². The van der Waals surface area contributed by atoms with Gasteiger partial charge < -0.3 is 10.1 Å². The molecule has 2 atom stereocenters. The van der Waals surface area contributed by atoms with Gasteiger partial charge in [-0.05, 0) is 37.7 Å². The fraction of sp³-hybridized carbons (Fsp3) is 0.350. The number of H-pyrrole nitrogens is 1. The molecule has 3 aromatic rings. The molecule has 0 unspecified atom stereocenters. The standard InChI is InChI=1S/C20H24N4O3S/c1-14-7-6-10-16-20(14)22-19(21-16)13-23(2)17-11-24(12-18(17)25)28(26,27)15-8-4-3-5-9-15/h3-10,17-18,25H,11-13H2,1-2H3,(H,21,22)/t17-,18-/m0/s1. The summed E-state index contributed by atoms with van der Waals surface area (Å²) < 4.78 is 27.0. The Hall–Kier alpha value is -2.26. The van der Waals surface area contributed by atoms with Crippen LogP contribution in [0.3, 0.4) is 0 Å². The number of aromatic nitrogens is 2. The van der Waals surface area contributed by atoms with Gasteiger partial charge in [0.2, 0.25) is 10.0 Å². The minimum Gasteiger partial charge on any atom is -0.390 e. The minimum absolute atomic E-state index is 0.0888. The molecule has 2 N–H and O–H groups in total. The fourth-order valence-corrected chi connectivity index (χ4v) is 5.26. The molecular weight excluding hydrogens is 376 g/mol. The number of hydrogen-bond acceptors (Lipinski definition) is 5. The number of benzene rings is 2. The Labute approximate surface area is 164 Å². The maximum absolute atomic E-state index is 12.8. The molecule has 4 rings (SSSR count). The van der Waals surface area contributed by atoms with Crippen molar-refractivity contribution in [1.82, 2.24) is 19.2 Å². The van der Waals surface area contributed by atoms with Crippen LogP contribution in [0.15, 0.2) is 53.4 Å². The van der Waals surface area contributed by atoms with Crippen LogP contribution >= 0.6 is 0 Å². The van der Waals surface area contributed by atoms with Gasteiger partial charge in [-0.3, -0.25) is 4.90 Å². The Bertz CT molecular complexity index is 1080. The van der Waals surface area contributed by atoms with E-state index >= 15 is 0 Å². The van der Waals surface area contributed by atoms with Gasteiger partial charge in [-0.1, -0.05) is 30.3 Å². The number of para-hydroxylation sites is 1. The Kier molecular flexibility index (Phi) is 4.96. The molecule has 1 aromatic heterocycles. The van der Waals surface area contributed by atoms with E-state index in [1.807, 2.05) is 37.1 Å². The fourth-order valence-electron chi connectivity index (χ4n) is 3.76. The normalized spacial score (nSPS) is 21.0. The van der Waals surface area contributed by atoms with E-state index in [2.05, 4.69) is 9.97 Å². The lowest BCUT2D eigenvalue weighted by Gasteiger charge is -2.25. The van der Waals surface area contributed by atoms with E-state index in [-0.39, 0.29) is 24.0 Å². The quantitative estimate of drug-likeness (QED) is 0.681. The Balaban J connectivity index is 1.50. The highest BCUT2D eigenvalue weighted by Gasteiger charge is 2.40. The first-order valence-electron chi connectivity index (χ1n) is 9.24. The van der Waals surface area contributed by atoms with E-state index in [1.54, 1.807) is 30.3 Å². The van der Waals surface area contributed by atoms with Crippen molar-refractivity contribution >= 4 is 21.1 Å². The smallest absolute Gasteiger partial charge is 0.243 e. The van der Waals surface area contributed by atoms with Crippen molar-refractivity contribution < 1.29 is 13.5 Å². The van der Waals surface area contributed by atoms with Crippen LogP contribution in [0.25, 0.3) is 11.0 Å². The molecule has 1 aliphatic heterocycles. The highest BCUT2D eigenvalue weighted by Crippen LogP contribution is 2.24. The summed E-state index contributed by atoms with van der Waals surface area (Å²) in [6, 6.07) is 14.0. The molecule has 0 radical (unpaired) electrons. The first kappa shape index (κ1) is 19.1. The predicted molar refractivity (Wildman–Crippen MR) is 107 cm³/mol. The SMILES string of the molecule is Cc1cccc2[nH]c(CN(C)[C@H]3CN(S(=O)(=O)c4ccccc4)C[C@@H]3O)nc12. The number of likely N-dealkylation sites (N-methyl/N-ethyl adjacent to an activating group) is 1. The lowest BCUT2D eigenvalue weighted by atomic mass is 10.2. The number of aliphatic hydroxyl groups excluding tert-OH is 1. The summed E-state index contributed by atoms with van der Waals surface area (Å²) in [5, 5.41) is 10.5. The summed E-state index contributed by atoms with van der Waals surface area (Å²) in [6.07, 6.45) is -0.755. The van der Waals surface area contributed by atoms with Crippen LogP contribution < -0.4 is 0 Å². The third-order valence-electron chi connectivity index (χ3n) is 5.34. The number of hydrogen-bond donors (Lipinski definition) is 2. The monoisotopic (exact) mass is 400 g/mol. The van der Waals surface area contributed by atoms with Crippen molar-refractivity contribution in [3.05, 3.63) is 59.9 Å². The Morgan fingerprint density at radius 3 is 2.64 bits per heavy atom. The van der Waals surface area contributed by atoms with E-state index in [0.29, 0.717) is 6.54 Å². The zero-order valence-electron chi connectivity index (χ0n) is 15.9. The molecule has 148 valence electrons. The number of aromatic amines is 1. The van der Waals surface area contributed by atoms with E-state index in [9.17, 15) is 13.5 Å². The number of sulfonamides is 1. The number of fused-ring (bicyclic) bond motifs is 1. The van der Waals surface area contributed by atoms with Gasteiger partial charge in [-0.15, -0.1) is 0 Å². The topological polar surface area (TPSA) is 89.5 Å². The van der Waals surface area contributed by atoms with E-state index in [0.717, 1.165) is 22.4 Å². The number of β-amino-alcohol motifs (C(OH)–C–C–N with tert-alkyl or cyclic N) is 1. The second-order valence-corrected chi connectivity index (χ2v) is 9.28. The molecule has 1 aliphatic rings. The van der Waals surface area contributed by atoms with Gasteiger partial charge in [-0.2, -0.15) is 4.31 Å². The second-order valence-electron chi connectivity index (χ2n) is 7.34. The van der Waals surface area contributed by atoms with Crippen LogP contribution in [0.4, 0.5) is 0 Å². The average Bonchev–Trinajstić information content (AvgIpc) is 3.27. The largest absolute Gasteiger partial charge is 0.390 e. The van der Waals surface area contributed by atoms with Gasteiger partial charge in [0.15, 0.2) is 0 Å². The highest BCUT2D eigenvalue weighted by atomic mass is 32.2. The summed E-state index contributed by atoms with van der Waals surface area (Å²) in [5.41, 5.74) is 3.01. The summed E-state index contributed by atoms with van der Waals surface area (Å²) >= 11 is 0. The maximum Gasteiger partial charge on any atom is 0.243 e. The number of aryl methyl sites for hydroxylation is 1. The molecule has 2 aromatic carbocycles. The average molecular weight is 401 g/mol. The summed E-state index contributed by atoms with van der Waals surface area (Å²) in [4.78, 5) is 10.2. The van der Waals surface area contributed by atoms with Gasteiger partial charge >= 0.3 is 0 Å². The third kappa shape index (κ3) is 3.44. The van der Waals surface area contributed by atoms with Gasteiger partial charge in [0, 0.05) is 13.1 Å². The van der Waals surface area contributed by atoms with Crippen LogP contribution in [0.2, 0.25) is 0 Å². The summed E-state index contributed by atoms with van der Waals surface area (Å²) in [6.45, 7) is 2.85. The molecule has 0 amide bonds. The number of nitrogens with zero attached hydrogens (tertiary/aromatic N) is 3. The predicted octanol–water partition coefficient (Wildman–Crippen LogP) is 1.74. The number of aliphatic hydroxyl groups is 1. The molecule has 28 heavy (non-hydrogen) atoms. The first-order chi connectivity index (χ1) is 13.4. The van der Waals surface area contributed by atoms with Crippen molar-refractivity contribution in [3.63, 3.8) is 0 Å². The molecule has 0 aliphatic carbocycles. The molecule has 1 fully saturated rings. The van der Waals surface area contributed by atoms with Crippen molar-refractivity contribution in [1.29, 1.82) is 0 Å².